The molecule has 0 radical (unpaired) electrons. The third kappa shape index (κ3) is 3.30. The number of nitro benzene ring substituents is 1. The Morgan fingerprint density at radius 1 is 1.52 bits per heavy atom. The number of carbonyl (C=O) groups excluding carboxylic acids is 1. The molecule has 2 atom stereocenters. The molecule has 1 aromatic rings. The molecule has 0 spiro atoms. The molecule has 1 aliphatic rings. The Kier molecular flexibility index (Phi) is 4.74. The number of hydrogen-bond acceptors (Lipinski definition) is 6. The van der Waals surface area contributed by atoms with E-state index in [1.54, 1.807) is 0 Å². The third-order valence-electron chi connectivity index (χ3n) is 3.85. The maximum atomic E-state index is 11.5. The minimum absolute atomic E-state index is 0.0263. The molecular formula is C14H18N2O5. The number of aliphatic hydroxyl groups is 1. The van der Waals surface area contributed by atoms with Crippen LogP contribution in [0.3, 0.4) is 0 Å². The van der Waals surface area contributed by atoms with E-state index in [0.29, 0.717) is 0 Å². The quantitative estimate of drug-likeness (QED) is 0.489. The molecule has 1 aromatic carbocycles. The molecule has 2 unspecified atom stereocenters. The van der Waals surface area contributed by atoms with E-state index in [0.717, 1.165) is 19.3 Å². The maximum Gasteiger partial charge on any atom is 0.337 e. The van der Waals surface area contributed by atoms with Crippen LogP contribution in [0.1, 0.15) is 29.6 Å². The summed E-state index contributed by atoms with van der Waals surface area (Å²) in [6.45, 7) is 0.0438. The number of esters is 1. The highest BCUT2D eigenvalue weighted by atomic mass is 16.6. The molecule has 0 heterocycles. The highest BCUT2D eigenvalue weighted by Gasteiger charge is 2.28. The molecule has 2 rings (SSSR count). The monoisotopic (exact) mass is 294 g/mol. The fraction of sp³-hybridized carbons (Fsp3) is 0.500. The summed E-state index contributed by atoms with van der Waals surface area (Å²) in [6, 6.07) is 4.06. The third-order valence-corrected chi connectivity index (χ3v) is 3.85. The number of hydrogen-bond donors (Lipinski definition) is 2. The first-order valence-corrected chi connectivity index (χ1v) is 6.81. The fourth-order valence-electron chi connectivity index (χ4n) is 2.70. The van der Waals surface area contributed by atoms with Gasteiger partial charge in [0.1, 0.15) is 5.69 Å². The summed E-state index contributed by atoms with van der Waals surface area (Å²) in [5.74, 6) is -0.468. The average Bonchev–Trinajstić information content (AvgIpc) is 2.93. The van der Waals surface area contributed by atoms with E-state index in [4.69, 9.17) is 0 Å². The molecule has 0 aliphatic heterocycles. The maximum absolute atomic E-state index is 11.5. The van der Waals surface area contributed by atoms with Crippen molar-refractivity contribution in [2.45, 2.75) is 25.3 Å². The van der Waals surface area contributed by atoms with Crippen molar-refractivity contribution >= 4 is 17.3 Å². The highest BCUT2D eigenvalue weighted by Crippen LogP contribution is 2.32. The molecule has 7 nitrogen and oxygen atoms in total. The van der Waals surface area contributed by atoms with E-state index in [9.17, 15) is 20.0 Å². The van der Waals surface area contributed by atoms with Crippen molar-refractivity contribution in [1.29, 1.82) is 0 Å². The van der Waals surface area contributed by atoms with Crippen LogP contribution in [0, 0.1) is 16.0 Å². The number of anilines is 1. The van der Waals surface area contributed by atoms with Gasteiger partial charge in [0.2, 0.25) is 0 Å². The molecule has 1 fully saturated rings. The zero-order valence-corrected chi connectivity index (χ0v) is 11.7. The van der Waals surface area contributed by atoms with Gasteiger partial charge in [-0.3, -0.25) is 10.1 Å². The number of rotatable bonds is 5. The van der Waals surface area contributed by atoms with Gasteiger partial charge in [-0.05, 0) is 25.0 Å². The lowest BCUT2D eigenvalue weighted by molar-refractivity contribution is -0.384. The Bertz CT molecular complexity index is 546. The van der Waals surface area contributed by atoms with Crippen LogP contribution in [-0.4, -0.2) is 35.8 Å². The fourth-order valence-corrected chi connectivity index (χ4v) is 2.70. The summed E-state index contributed by atoms with van der Waals surface area (Å²) >= 11 is 0. The highest BCUT2D eigenvalue weighted by molar-refractivity contribution is 5.91. The van der Waals surface area contributed by atoms with E-state index in [2.05, 4.69) is 10.1 Å². The van der Waals surface area contributed by atoms with Gasteiger partial charge in [0.15, 0.2) is 0 Å². The van der Waals surface area contributed by atoms with Crippen LogP contribution < -0.4 is 5.32 Å². The largest absolute Gasteiger partial charge is 0.465 e. The van der Waals surface area contributed by atoms with Crippen LogP contribution in [0.15, 0.2) is 18.2 Å². The predicted molar refractivity (Wildman–Crippen MR) is 76.3 cm³/mol. The Morgan fingerprint density at radius 3 is 2.90 bits per heavy atom. The van der Waals surface area contributed by atoms with Gasteiger partial charge >= 0.3 is 5.97 Å². The minimum Gasteiger partial charge on any atom is -0.465 e. The van der Waals surface area contributed by atoms with Gasteiger partial charge in [-0.15, -0.1) is 0 Å². The Morgan fingerprint density at radius 2 is 2.29 bits per heavy atom. The molecule has 0 aromatic heterocycles. The smallest absolute Gasteiger partial charge is 0.337 e. The Labute approximate surface area is 122 Å². The predicted octanol–water partition coefficient (Wildman–Crippen LogP) is 1.95. The van der Waals surface area contributed by atoms with Gasteiger partial charge in [0.05, 0.1) is 17.6 Å². The van der Waals surface area contributed by atoms with Crippen molar-refractivity contribution in [3.05, 3.63) is 33.9 Å². The summed E-state index contributed by atoms with van der Waals surface area (Å²) < 4.78 is 4.63. The molecule has 0 saturated heterocycles. The first-order valence-electron chi connectivity index (χ1n) is 6.81. The zero-order chi connectivity index (χ0) is 15.4. The Hall–Kier alpha value is -2.15. The molecule has 1 aliphatic carbocycles. The van der Waals surface area contributed by atoms with Crippen molar-refractivity contribution < 1.29 is 19.6 Å². The van der Waals surface area contributed by atoms with Crippen molar-refractivity contribution in [3.63, 3.8) is 0 Å². The van der Waals surface area contributed by atoms with Crippen molar-refractivity contribution in [2.75, 3.05) is 19.0 Å². The van der Waals surface area contributed by atoms with Crippen LogP contribution in [-0.2, 0) is 4.74 Å². The molecule has 2 N–H and O–H groups in total. The molecule has 114 valence electrons. The second-order valence-corrected chi connectivity index (χ2v) is 5.11. The lowest BCUT2D eigenvalue weighted by Gasteiger charge is -2.20. The zero-order valence-electron chi connectivity index (χ0n) is 11.7. The molecule has 7 heteroatoms. The molecule has 0 amide bonds. The molecule has 1 saturated carbocycles. The number of benzene rings is 1. The summed E-state index contributed by atoms with van der Waals surface area (Å²) in [5, 5.41) is 23.5. The molecule has 0 bridgehead atoms. The van der Waals surface area contributed by atoms with Crippen LogP contribution in [0.25, 0.3) is 0 Å². The lowest BCUT2D eigenvalue weighted by Crippen LogP contribution is -2.26. The summed E-state index contributed by atoms with van der Waals surface area (Å²) in [7, 11) is 1.26. The number of aliphatic hydroxyl groups excluding tert-OH is 1. The van der Waals surface area contributed by atoms with E-state index in [1.165, 1.54) is 25.3 Å². The van der Waals surface area contributed by atoms with E-state index in [1.807, 2.05) is 0 Å². The Balaban J connectivity index is 2.30. The summed E-state index contributed by atoms with van der Waals surface area (Å²) in [6.07, 6.45) is 2.69. The van der Waals surface area contributed by atoms with E-state index in [-0.39, 0.29) is 35.5 Å². The number of ether oxygens (including phenoxy) is 1. The number of nitro groups is 1. The second kappa shape index (κ2) is 6.53. The van der Waals surface area contributed by atoms with E-state index < -0.39 is 10.9 Å². The van der Waals surface area contributed by atoms with Gasteiger partial charge in [-0.1, -0.05) is 6.42 Å². The summed E-state index contributed by atoms with van der Waals surface area (Å²) in [5.41, 5.74) is 0.448. The number of methoxy groups -OCH3 is 1. The molecule has 21 heavy (non-hydrogen) atoms. The van der Waals surface area contributed by atoms with Crippen LogP contribution in [0.4, 0.5) is 11.4 Å². The first kappa shape index (κ1) is 15.2. The topological polar surface area (TPSA) is 102 Å². The summed E-state index contributed by atoms with van der Waals surface area (Å²) in [4.78, 5) is 22.1. The van der Waals surface area contributed by atoms with Gasteiger partial charge in [-0.2, -0.15) is 0 Å². The lowest BCUT2D eigenvalue weighted by atomic mass is 10.0. The number of carbonyl (C=O) groups is 1. The first-order chi connectivity index (χ1) is 10.1. The normalized spacial score (nSPS) is 21.0. The number of nitrogens with zero attached hydrogens (tertiary/aromatic N) is 1. The second-order valence-electron chi connectivity index (χ2n) is 5.11. The van der Waals surface area contributed by atoms with E-state index >= 15 is 0 Å². The number of nitrogens with one attached hydrogen (secondary N) is 1. The molecular weight excluding hydrogens is 276 g/mol. The van der Waals surface area contributed by atoms with Gasteiger partial charge < -0.3 is 15.2 Å². The standard InChI is InChI=1S/C14H18N2O5/c1-21-14(18)9-5-6-13(16(19)20)12(7-9)15-11-4-2-3-10(11)8-17/h5-7,10-11,15,17H,2-4,8H2,1H3. The van der Waals surface area contributed by atoms with Crippen molar-refractivity contribution in [1.82, 2.24) is 0 Å². The van der Waals surface area contributed by atoms with Crippen LogP contribution in [0.5, 0.6) is 0 Å². The minimum atomic E-state index is -0.543. The van der Waals surface area contributed by atoms with Gasteiger partial charge in [-0.25, -0.2) is 4.79 Å². The average molecular weight is 294 g/mol. The van der Waals surface area contributed by atoms with Crippen molar-refractivity contribution in [3.8, 4) is 0 Å². The van der Waals surface area contributed by atoms with Gasteiger partial charge in [0.25, 0.3) is 5.69 Å². The van der Waals surface area contributed by atoms with Crippen LogP contribution >= 0.6 is 0 Å². The SMILES string of the molecule is COC(=O)c1ccc([N+](=O)[O-])c(NC2CCCC2CO)c1. The van der Waals surface area contributed by atoms with Crippen LogP contribution in [0.2, 0.25) is 0 Å². The van der Waals surface area contributed by atoms with Gasteiger partial charge in [0, 0.05) is 24.6 Å². The van der Waals surface area contributed by atoms with Crippen molar-refractivity contribution in [2.24, 2.45) is 5.92 Å².